The minimum Gasteiger partial charge on any atom is -0.368 e. The molecule has 4 aliphatic heterocycles. The van der Waals surface area contributed by atoms with E-state index in [0.29, 0.717) is 30.3 Å². The fourth-order valence-corrected chi connectivity index (χ4v) is 6.20. The molecular weight excluding hydrogens is 400 g/mol. The molecule has 2 amide bonds. The van der Waals surface area contributed by atoms with Crippen LogP contribution in [0.15, 0.2) is 24.3 Å². The van der Waals surface area contributed by atoms with Gasteiger partial charge in [-0.1, -0.05) is 17.7 Å². The van der Waals surface area contributed by atoms with Crippen molar-refractivity contribution in [2.24, 2.45) is 11.8 Å². The summed E-state index contributed by atoms with van der Waals surface area (Å²) in [7, 11) is 0. The first-order valence-electron chi connectivity index (χ1n) is 11.4. The van der Waals surface area contributed by atoms with E-state index in [-0.39, 0.29) is 5.91 Å². The Hall–Kier alpha value is -1.79. The van der Waals surface area contributed by atoms with E-state index in [2.05, 4.69) is 20.8 Å². The summed E-state index contributed by atoms with van der Waals surface area (Å²) in [4.78, 5) is 34.2. The van der Waals surface area contributed by atoms with Gasteiger partial charge in [0.1, 0.15) is 0 Å². The van der Waals surface area contributed by atoms with Crippen molar-refractivity contribution >= 4 is 29.1 Å². The summed E-state index contributed by atoms with van der Waals surface area (Å²) >= 11 is 6.12. The van der Waals surface area contributed by atoms with Crippen LogP contribution < -0.4 is 4.90 Å². The lowest BCUT2D eigenvalue weighted by atomic mass is 9.76. The van der Waals surface area contributed by atoms with E-state index in [1.807, 2.05) is 23.1 Å². The maximum atomic E-state index is 13.0. The van der Waals surface area contributed by atoms with E-state index in [1.54, 1.807) is 0 Å². The molecule has 30 heavy (non-hydrogen) atoms. The number of carbonyl (C=O) groups is 2. The second-order valence-electron chi connectivity index (χ2n) is 9.41. The van der Waals surface area contributed by atoms with E-state index >= 15 is 0 Å². The normalized spacial score (nSPS) is 29.7. The number of likely N-dealkylation sites (tertiary alicyclic amines) is 1. The maximum Gasteiger partial charge on any atom is 0.236 e. The number of benzene rings is 1. The first-order valence-corrected chi connectivity index (χ1v) is 11.7. The number of nitrogens with zero attached hydrogens (tertiary/aromatic N) is 4. The van der Waals surface area contributed by atoms with Gasteiger partial charge in [-0.3, -0.25) is 14.5 Å². The van der Waals surface area contributed by atoms with Crippen LogP contribution in [0.1, 0.15) is 25.7 Å². The van der Waals surface area contributed by atoms with Gasteiger partial charge in [0, 0.05) is 69.0 Å². The van der Waals surface area contributed by atoms with E-state index in [4.69, 9.17) is 11.6 Å². The molecule has 0 unspecified atom stereocenters. The molecule has 0 radical (unpaired) electrons. The number of halogens is 1. The summed E-state index contributed by atoms with van der Waals surface area (Å²) in [5.74, 6) is 1.66. The van der Waals surface area contributed by atoms with Crippen LogP contribution in [0.2, 0.25) is 5.02 Å². The lowest BCUT2D eigenvalue weighted by Gasteiger charge is -2.52. The highest BCUT2D eigenvalue weighted by Gasteiger charge is 2.44. The van der Waals surface area contributed by atoms with Gasteiger partial charge in [0.2, 0.25) is 11.8 Å². The van der Waals surface area contributed by atoms with Gasteiger partial charge < -0.3 is 14.7 Å². The Morgan fingerprint density at radius 1 is 1.10 bits per heavy atom. The molecule has 1 aromatic carbocycles. The number of piperidine rings is 3. The van der Waals surface area contributed by atoms with Gasteiger partial charge in [0.05, 0.1) is 6.54 Å². The lowest BCUT2D eigenvalue weighted by Crippen LogP contribution is -2.61. The van der Waals surface area contributed by atoms with Crippen molar-refractivity contribution in [2.75, 3.05) is 57.3 Å². The Labute approximate surface area is 183 Å². The Kier molecular flexibility index (Phi) is 5.63. The van der Waals surface area contributed by atoms with E-state index in [1.165, 1.54) is 6.42 Å². The third kappa shape index (κ3) is 4.04. The Morgan fingerprint density at radius 3 is 2.73 bits per heavy atom. The third-order valence-electron chi connectivity index (χ3n) is 7.42. The molecule has 0 aromatic heterocycles. The molecule has 162 valence electrons. The molecule has 6 nitrogen and oxygen atoms in total. The number of rotatable bonds is 3. The lowest BCUT2D eigenvalue weighted by molar-refractivity contribution is -0.146. The number of carbonyl (C=O) groups excluding carboxylic acids is 2. The smallest absolute Gasteiger partial charge is 0.236 e. The highest BCUT2D eigenvalue weighted by molar-refractivity contribution is 6.30. The molecular formula is C23H31ClN4O2. The zero-order chi connectivity index (χ0) is 20.7. The molecule has 3 atom stereocenters. The van der Waals surface area contributed by atoms with Crippen molar-refractivity contribution < 1.29 is 9.59 Å². The second kappa shape index (κ2) is 8.39. The fourth-order valence-electron chi connectivity index (χ4n) is 6.02. The number of amides is 2. The van der Waals surface area contributed by atoms with Crippen LogP contribution in [0.4, 0.5) is 5.69 Å². The largest absolute Gasteiger partial charge is 0.368 e. The molecule has 4 aliphatic rings. The molecule has 4 heterocycles. The summed E-state index contributed by atoms with van der Waals surface area (Å²) in [6.45, 7) is 6.52. The first-order chi connectivity index (χ1) is 14.6. The zero-order valence-corrected chi connectivity index (χ0v) is 18.3. The molecule has 7 heteroatoms. The van der Waals surface area contributed by atoms with Crippen molar-refractivity contribution in [2.45, 2.75) is 31.7 Å². The summed E-state index contributed by atoms with van der Waals surface area (Å²) < 4.78 is 0. The van der Waals surface area contributed by atoms with Gasteiger partial charge >= 0.3 is 0 Å². The Bertz CT molecular complexity index is 810. The molecule has 0 spiro atoms. The second-order valence-corrected chi connectivity index (χ2v) is 9.85. The van der Waals surface area contributed by atoms with E-state index in [0.717, 1.165) is 75.8 Å². The SMILES string of the molecule is O=C(CN1C[C@H]2C[C@H](C1)[C@H]1CCCC(=O)N1C2)N1CCN(c2cccc(Cl)c2)CC1. The van der Waals surface area contributed by atoms with Crippen LogP contribution in [-0.4, -0.2) is 84.9 Å². The van der Waals surface area contributed by atoms with Crippen molar-refractivity contribution in [3.63, 3.8) is 0 Å². The minimum atomic E-state index is 0.247. The van der Waals surface area contributed by atoms with Crippen LogP contribution in [0, 0.1) is 11.8 Å². The average Bonchev–Trinajstić information content (AvgIpc) is 2.75. The van der Waals surface area contributed by atoms with Crippen LogP contribution in [-0.2, 0) is 9.59 Å². The van der Waals surface area contributed by atoms with Gasteiger partial charge in [-0.05, 0) is 49.3 Å². The van der Waals surface area contributed by atoms with Crippen molar-refractivity contribution in [1.82, 2.24) is 14.7 Å². The zero-order valence-electron chi connectivity index (χ0n) is 17.5. The molecule has 0 saturated carbocycles. The summed E-state index contributed by atoms with van der Waals surface area (Å²) in [5.41, 5.74) is 1.13. The highest BCUT2D eigenvalue weighted by atomic mass is 35.5. The van der Waals surface area contributed by atoms with Gasteiger partial charge in [0.25, 0.3) is 0 Å². The van der Waals surface area contributed by atoms with Crippen molar-refractivity contribution in [3.8, 4) is 0 Å². The molecule has 1 aromatic rings. The van der Waals surface area contributed by atoms with Crippen LogP contribution in [0.25, 0.3) is 0 Å². The van der Waals surface area contributed by atoms with Gasteiger partial charge in [-0.25, -0.2) is 0 Å². The maximum absolute atomic E-state index is 13.0. The van der Waals surface area contributed by atoms with Gasteiger partial charge in [0.15, 0.2) is 0 Å². The van der Waals surface area contributed by atoms with Gasteiger partial charge in [-0.15, -0.1) is 0 Å². The minimum absolute atomic E-state index is 0.247. The standard InChI is InChI=1S/C23H31ClN4O2/c24-19-3-1-4-20(12-19)26-7-9-27(10-8-26)23(30)16-25-13-17-11-18(15-25)21-5-2-6-22(29)28(21)14-17/h1,3-4,12,17-18,21H,2,5-11,13-16H2/t17-,18-,21-/m1/s1. The fraction of sp³-hybridized carbons (Fsp3) is 0.652. The number of hydrogen-bond donors (Lipinski definition) is 0. The molecule has 0 N–H and O–H groups in total. The third-order valence-corrected chi connectivity index (χ3v) is 7.66. The highest BCUT2D eigenvalue weighted by Crippen LogP contribution is 2.37. The predicted octanol–water partition coefficient (Wildman–Crippen LogP) is 2.32. The topological polar surface area (TPSA) is 47.1 Å². The summed E-state index contributed by atoms with van der Waals surface area (Å²) in [5, 5.41) is 0.750. The number of fused-ring (bicyclic) bond motifs is 4. The monoisotopic (exact) mass is 430 g/mol. The molecule has 0 aliphatic carbocycles. The number of piperazine rings is 1. The molecule has 2 bridgehead atoms. The van der Waals surface area contributed by atoms with Crippen LogP contribution >= 0.6 is 11.6 Å². The number of hydrogen-bond acceptors (Lipinski definition) is 4. The van der Waals surface area contributed by atoms with E-state index in [9.17, 15) is 9.59 Å². The van der Waals surface area contributed by atoms with Crippen molar-refractivity contribution in [1.29, 1.82) is 0 Å². The first kappa shape index (κ1) is 20.1. The molecule has 4 fully saturated rings. The van der Waals surface area contributed by atoms with E-state index < -0.39 is 0 Å². The Balaban J connectivity index is 1.15. The van der Waals surface area contributed by atoms with Crippen LogP contribution in [0.5, 0.6) is 0 Å². The van der Waals surface area contributed by atoms with Crippen LogP contribution in [0.3, 0.4) is 0 Å². The quantitative estimate of drug-likeness (QED) is 0.738. The molecule has 5 rings (SSSR count). The van der Waals surface area contributed by atoms with Gasteiger partial charge in [-0.2, -0.15) is 0 Å². The number of anilines is 1. The summed E-state index contributed by atoms with van der Waals surface area (Å²) in [6.07, 6.45) is 4.10. The average molecular weight is 431 g/mol. The Morgan fingerprint density at radius 2 is 1.93 bits per heavy atom. The predicted molar refractivity (Wildman–Crippen MR) is 118 cm³/mol. The van der Waals surface area contributed by atoms with Crippen molar-refractivity contribution in [3.05, 3.63) is 29.3 Å². The molecule has 4 saturated heterocycles. The summed E-state index contributed by atoms with van der Waals surface area (Å²) in [6, 6.07) is 8.34.